The molecule has 3 N–H and O–H groups in total. The largest absolute Gasteiger partial charge is 0.508 e. The van der Waals surface area contributed by atoms with Crippen LogP contribution in [0.5, 0.6) is 11.5 Å². The van der Waals surface area contributed by atoms with Gasteiger partial charge >= 0.3 is 6.18 Å². The molecule has 1 heterocycles. The number of guanidine groups is 1. The normalized spacial score (nSPS) is 16.1. The predicted octanol–water partition coefficient (Wildman–Crippen LogP) is 3.74. The van der Waals surface area contributed by atoms with Crippen LogP contribution < -0.4 is 15.4 Å². The number of rotatable bonds is 8. The third kappa shape index (κ3) is 9.59. The van der Waals surface area contributed by atoms with Crippen LogP contribution >= 0.6 is 24.0 Å². The van der Waals surface area contributed by atoms with E-state index in [-0.39, 0.29) is 29.7 Å². The number of phenolic OH excluding ortho intramolecular Hbond substituents is 1. The van der Waals surface area contributed by atoms with E-state index in [2.05, 4.69) is 15.6 Å². The number of methoxy groups -OCH3 is 1. The average molecular weight is 544 g/mol. The molecule has 1 aromatic carbocycles. The van der Waals surface area contributed by atoms with Gasteiger partial charge in [-0.05, 0) is 63.4 Å². The number of likely N-dealkylation sites (tertiary alicyclic amines) is 1. The molecular weight excluding hydrogens is 512 g/mol. The fraction of sp³-hybridized carbons (Fsp3) is 0.650. The Morgan fingerprint density at radius 2 is 1.97 bits per heavy atom. The lowest BCUT2D eigenvalue weighted by atomic mass is 9.93. The van der Waals surface area contributed by atoms with Crippen LogP contribution in [0.25, 0.3) is 0 Å². The number of nitrogens with zero attached hydrogens (tertiary/aromatic N) is 2. The molecule has 1 aromatic rings. The van der Waals surface area contributed by atoms with Crippen molar-refractivity contribution < 1.29 is 23.0 Å². The number of halogens is 4. The van der Waals surface area contributed by atoms with Gasteiger partial charge in [0.25, 0.3) is 0 Å². The average Bonchev–Trinajstić information content (AvgIpc) is 2.67. The highest BCUT2D eigenvalue weighted by Crippen LogP contribution is 2.24. The minimum atomic E-state index is -4.12. The molecule has 0 atom stereocenters. The van der Waals surface area contributed by atoms with E-state index >= 15 is 0 Å². The van der Waals surface area contributed by atoms with Crippen LogP contribution in [0.2, 0.25) is 0 Å². The van der Waals surface area contributed by atoms with Gasteiger partial charge in [0.2, 0.25) is 0 Å². The van der Waals surface area contributed by atoms with E-state index < -0.39 is 12.7 Å². The summed E-state index contributed by atoms with van der Waals surface area (Å²) in [5.41, 5.74) is 0.665. The fourth-order valence-corrected chi connectivity index (χ4v) is 3.40. The zero-order valence-electron chi connectivity index (χ0n) is 17.5. The third-order valence-corrected chi connectivity index (χ3v) is 4.99. The van der Waals surface area contributed by atoms with Gasteiger partial charge < -0.3 is 20.5 Å². The minimum Gasteiger partial charge on any atom is -0.508 e. The van der Waals surface area contributed by atoms with Crippen molar-refractivity contribution in [1.29, 1.82) is 0 Å². The zero-order chi connectivity index (χ0) is 21.3. The highest BCUT2D eigenvalue weighted by atomic mass is 127. The van der Waals surface area contributed by atoms with Crippen molar-refractivity contribution in [3.05, 3.63) is 23.8 Å². The van der Waals surface area contributed by atoms with Crippen molar-refractivity contribution in [1.82, 2.24) is 15.5 Å². The van der Waals surface area contributed by atoms with Gasteiger partial charge in [-0.2, -0.15) is 13.2 Å². The number of piperidine rings is 1. The summed E-state index contributed by atoms with van der Waals surface area (Å²) in [5, 5.41) is 16.4. The Bertz CT molecular complexity index is 666. The molecule has 1 saturated heterocycles. The molecular formula is C20H32F3IN4O2. The summed E-state index contributed by atoms with van der Waals surface area (Å²) in [4.78, 5) is 5.98. The van der Waals surface area contributed by atoms with Gasteiger partial charge in [0.15, 0.2) is 5.96 Å². The van der Waals surface area contributed by atoms with Crippen molar-refractivity contribution >= 4 is 29.9 Å². The SMILES string of the molecule is CCNC(=NCc1cc(OC)ccc1O)NCCC1CCN(CC(F)(F)F)CC1.I. The van der Waals surface area contributed by atoms with Crippen LogP contribution in [0.1, 0.15) is 31.7 Å². The second kappa shape index (κ2) is 13.1. The lowest BCUT2D eigenvalue weighted by Crippen LogP contribution is -2.41. The molecule has 1 fully saturated rings. The van der Waals surface area contributed by atoms with E-state index in [4.69, 9.17) is 4.74 Å². The van der Waals surface area contributed by atoms with Crippen molar-refractivity contribution in [3.63, 3.8) is 0 Å². The van der Waals surface area contributed by atoms with Gasteiger partial charge in [-0.15, -0.1) is 24.0 Å². The molecule has 2 rings (SSSR count). The number of aliphatic imine (C=N–C) groups is 1. The Hall–Kier alpha value is -1.43. The Labute approximate surface area is 193 Å². The number of hydrogen-bond donors (Lipinski definition) is 3. The van der Waals surface area contributed by atoms with E-state index in [1.54, 1.807) is 25.3 Å². The zero-order valence-corrected chi connectivity index (χ0v) is 19.8. The third-order valence-electron chi connectivity index (χ3n) is 4.99. The smallest absolute Gasteiger partial charge is 0.401 e. The van der Waals surface area contributed by atoms with Crippen molar-refractivity contribution in [3.8, 4) is 11.5 Å². The summed E-state index contributed by atoms with van der Waals surface area (Å²) < 4.78 is 42.6. The monoisotopic (exact) mass is 544 g/mol. The first-order valence-corrected chi connectivity index (χ1v) is 9.98. The standard InChI is InChI=1S/C20H31F3N4O2.HI/c1-3-24-19(26-13-16-12-17(29-2)4-5-18(16)28)25-9-6-15-7-10-27(11-8-15)14-20(21,22)23;/h4-5,12,15,28H,3,6-11,13-14H2,1-2H3,(H2,24,25,26);1H. The van der Waals surface area contributed by atoms with Gasteiger partial charge in [-0.25, -0.2) is 4.99 Å². The molecule has 172 valence electrons. The first kappa shape index (κ1) is 26.6. The Morgan fingerprint density at radius 3 is 2.57 bits per heavy atom. The quantitative estimate of drug-likeness (QED) is 0.265. The van der Waals surface area contributed by atoms with Crippen LogP contribution in [-0.4, -0.2) is 62.0 Å². The Morgan fingerprint density at radius 1 is 1.27 bits per heavy atom. The van der Waals surface area contributed by atoms with Crippen molar-refractivity contribution in [2.24, 2.45) is 10.9 Å². The summed E-state index contributed by atoms with van der Waals surface area (Å²) in [6.45, 7) is 3.84. The summed E-state index contributed by atoms with van der Waals surface area (Å²) in [6, 6.07) is 5.01. The van der Waals surface area contributed by atoms with E-state index in [1.165, 1.54) is 4.90 Å². The molecule has 1 aliphatic heterocycles. The number of benzene rings is 1. The number of aromatic hydroxyl groups is 1. The maximum absolute atomic E-state index is 12.5. The number of ether oxygens (including phenoxy) is 1. The lowest BCUT2D eigenvalue weighted by Gasteiger charge is -2.32. The predicted molar refractivity (Wildman–Crippen MR) is 123 cm³/mol. The first-order chi connectivity index (χ1) is 13.8. The molecule has 0 spiro atoms. The summed E-state index contributed by atoms with van der Waals surface area (Å²) in [5.74, 6) is 1.88. The first-order valence-electron chi connectivity index (χ1n) is 9.98. The molecule has 6 nitrogen and oxygen atoms in total. The Kier molecular flexibility index (Phi) is 11.6. The summed E-state index contributed by atoms with van der Waals surface area (Å²) in [7, 11) is 1.57. The number of phenols is 1. The molecule has 1 aliphatic rings. The topological polar surface area (TPSA) is 69.1 Å². The molecule has 30 heavy (non-hydrogen) atoms. The molecule has 0 radical (unpaired) electrons. The molecule has 0 amide bonds. The molecule has 0 aliphatic carbocycles. The second-order valence-corrected chi connectivity index (χ2v) is 7.24. The summed E-state index contributed by atoms with van der Waals surface area (Å²) >= 11 is 0. The van der Waals surface area contributed by atoms with Crippen LogP contribution in [0.15, 0.2) is 23.2 Å². The Balaban J connectivity index is 0.00000450. The number of alkyl halides is 3. The van der Waals surface area contributed by atoms with Crippen molar-refractivity contribution in [2.45, 2.75) is 38.9 Å². The van der Waals surface area contributed by atoms with Gasteiger partial charge in [-0.1, -0.05) is 0 Å². The van der Waals surface area contributed by atoms with Crippen LogP contribution in [0, 0.1) is 5.92 Å². The van der Waals surface area contributed by atoms with Crippen LogP contribution in [-0.2, 0) is 6.54 Å². The van der Waals surface area contributed by atoms with E-state index in [0.717, 1.165) is 19.3 Å². The number of nitrogens with one attached hydrogen (secondary N) is 2. The van der Waals surface area contributed by atoms with Gasteiger partial charge in [0, 0.05) is 18.7 Å². The fourth-order valence-electron chi connectivity index (χ4n) is 3.40. The van der Waals surface area contributed by atoms with E-state index in [1.807, 2.05) is 6.92 Å². The maximum atomic E-state index is 12.5. The molecule has 0 bridgehead atoms. The van der Waals surface area contributed by atoms with Gasteiger partial charge in [0.05, 0.1) is 20.2 Å². The highest BCUT2D eigenvalue weighted by molar-refractivity contribution is 14.0. The summed E-state index contributed by atoms with van der Waals surface area (Å²) in [6.07, 6.45) is -1.68. The molecule has 10 heteroatoms. The molecule has 0 aromatic heterocycles. The second-order valence-electron chi connectivity index (χ2n) is 7.24. The minimum absolute atomic E-state index is 0. The van der Waals surface area contributed by atoms with Crippen molar-refractivity contribution in [2.75, 3.05) is 39.8 Å². The van der Waals surface area contributed by atoms with E-state index in [9.17, 15) is 18.3 Å². The molecule has 0 unspecified atom stereocenters. The lowest BCUT2D eigenvalue weighted by molar-refractivity contribution is -0.148. The van der Waals surface area contributed by atoms with Gasteiger partial charge in [-0.3, -0.25) is 4.90 Å². The maximum Gasteiger partial charge on any atom is 0.401 e. The molecule has 0 saturated carbocycles. The highest BCUT2D eigenvalue weighted by Gasteiger charge is 2.32. The van der Waals surface area contributed by atoms with Gasteiger partial charge in [0.1, 0.15) is 11.5 Å². The number of hydrogen-bond acceptors (Lipinski definition) is 4. The van der Waals surface area contributed by atoms with E-state index in [0.29, 0.717) is 55.9 Å². The van der Waals surface area contributed by atoms with Crippen LogP contribution in [0.3, 0.4) is 0 Å². The van der Waals surface area contributed by atoms with Crippen LogP contribution in [0.4, 0.5) is 13.2 Å².